The van der Waals surface area contributed by atoms with E-state index in [1.165, 1.54) is 19.3 Å². The number of hydrogen-bond donors (Lipinski definition) is 1. The van der Waals surface area contributed by atoms with Crippen molar-refractivity contribution in [3.63, 3.8) is 0 Å². The van der Waals surface area contributed by atoms with Crippen molar-refractivity contribution in [2.24, 2.45) is 0 Å². The number of ether oxygens (including phenoxy) is 1. The molecule has 0 amide bonds. The normalized spacial score (nSPS) is 39.8. The van der Waals surface area contributed by atoms with Crippen LogP contribution < -0.4 is 0 Å². The second kappa shape index (κ2) is 2.46. The molecule has 1 saturated carbocycles. The van der Waals surface area contributed by atoms with E-state index in [-0.39, 0.29) is 0 Å². The molecule has 2 aliphatic rings. The highest BCUT2D eigenvalue weighted by atomic mass is 16.6. The Morgan fingerprint density at radius 2 is 1.75 bits per heavy atom. The number of rotatable bonds is 0. The van der Waals surface area contributed by atoms with Crippen molar-refractivity contribution in [1.29, 1.82) is 0 Å². The third kappa shape index (κ3) is 1.01. The Kier molecular flexibility index (Phi) is 1.86. The van der Waals surface area contributed by atoms with Crippen molar-refractivity contribution in [3.8, 4) is 0 Å². The first-order chi connectivity index (χ1) is 3.97. The highest BCUT2D eigenvalue weighted by Gasteiger charge is 2.42. The summed E-state index contributed by atoms with van der Waals surface area (Å²) in [5.74, 6) is 0. The zero-order valence-corrected chi connectivity index (χ0v) is 5.13. The van der Waals surface area contributed by atoms with Gasteiger partial charge in [-0.1, -0.05) is 0 Å². The first kappa shape index (κ1) is 6.05. The average molecular weight is 116 g/mol. The summed E-state index contributed by atoms with van der Waals surface area (Å²) in [5, 5.41) is 7.00. The molecular weight excluding hydrogens is 104 g/mol. The van der Waals surface area contributed by atoms with E-state index in [1.54, 1.807) is 0 Å². The van der Waals surface area contributed by atoms with Crippen molar-refractivity contribution in [1.82, 2.24) is 0 Å². The summed E-state index contributed by atoms with van der Waals surface area (Å²) >= 11 is 0. The Bertz CT molecular complexity index is 64.9. The second-order valence-corrected chi connectivity index (χ2v) is 2.14. The summed E-state index contributed by atoms with van der Waals surface area (Å²) in [5.41, 5.74) is 0. The Labute approximate surface area is 49.5 Å². The van der Waals surface area contributed by atoms with Crippen LogP contribution in [0.3, 0.4) is 0 Å². The number of aliphatic hydroxyl groups excluding tert-OH is 1. The molecule has 0 aromatic rings. The van der Waals surface area contributed by atoms with E-state index < -0.39 is 0 Å². The van der Waals surface area contributed by atoms with Crippen LogP contribution >= 0.6 is 0 Å². The topological polar surface area (TPSA) is 32.8 Å². The molecule has 48 valence electrons. The van der Waals surface area contributed by atoms with Crippen molar-refractivity contribution in [2.45, 2.75) is 31.5 Å². The number of epoxide rings is 1. The SMILES string of the molecule is C1C[C@@H]2O[C@@H]2C1.CO. The molecule has 2 heteroatoms. The Morgan fingerprint density at radius 1 is 1.25 bits per heavy atom. The second-order valence-electron chi connectivity index (χ2n) is 2.14. The van der Waals surface area contributed by atoms with Crippen molar-refractivity contribution in [2.75, 3.05) is 7.11 Å². The summed E-state index contributed by atoms with van der Waals surface area (Å²) in [7, 11) is 1.00. The van der Waals surface area contributed by atoms with E-state index in [4.69, 9.17) is 9.84 Å². The van der Waals surface area contributed by atoms with Crippen LogP contribution in [0.5, 0.6) is 0 Å². The van der Waals surface area contributed by atoms with Crippen LogP contribution in [0.4, 0.5) is 0 Å². The van der Waals surface area contributed by atoms with Crippen molar-refractivity contribution >= 4 is 0 Å². The lowest BCUT2D eigenvalue weighted by molar-refractivity contribution is 0.322. The Balaban J connectivity index is 0.000000147. The maximum atomic E-state index is 7.00. The van der Waals surface area contributed by atoms with Gasteiger partial charge in [0.05, 0.1) is 12.2 Å². The standard InChI is InChI=1S/C5H8O.CH4O/c1-2-4-5(3-1)6-4;1-2/h4-5H,1-3H2;2H,1H3/t4-,5+;. The molecule has 1 N–H and O–H groups in total. The van der Waals surface area contributed by atoms with Gasteiger partial charge in [0.1, 0.15) is 0 Å². The lowest BCUT2D eigenvalue weighted by Gasteiger charge is -1.81. The van der Waals surface area contributed by atoms with E-state index >= 15 is 0 Å². The van der Waals surface area contributed by atoms with Crippen LogP contribution in [0.15, 0.2) is 0 Å². The van der Waals surface area contributed by atoms with E-state index in [0.717, 1.165) is 7.11 Å². The minimum atomic E-state index is 0.713. The van der Waals surface area contributed by atoms with Gasteiger partial charge < -0.3 is 9.84 Å². The molecule has 0 radical (unpaired) electrons. The maximum Gasteiger partial charge on any atom is 0.0841 e. The van der Waals surface area contributed by atoms with Gasteiger partial charge in [0.2, 0.25) is 0 Å². The third-order valence-corrected chi connectivity index (χ3v) is 1.66. The van der Waals surface area contributed by atoms with E-state index in [9.17, 15) is 0 Å². The Hall–Kier alpha value is -0.0800. The Morgan fingerprint density at radius 3 is 1.88 bits per heavy atom. The largest absolute Gasteiger partial charge is 0.400 e. The zero-order valence-electron chi connectivity index (χ0n) is 5.13. The first-order valence-corrected chi connectivity index (χ1v) is 3.07. The fraction of sp³-hybridized carbons (Fsp3) is 1.00. The highest BCUT2D eigenvalue weighted by molar-refractivity contribution is 4.90. The summed E-state index contributed by atoms with van der Waals surface area (Å²) in [6.07, 6.45) is 5.51. The van der Waals surface area contributed by atoms with Gasteiger partial charge in [-0.2, -0.15) is 0 Å². The van der Waals surface area contributed by atoms with E-state index in [0.29, 0.717) is 12.2 Å². The van der Waals surface area contributed by atoms with Crippen LogP contribution in [0.1, 0.15) is 19.3 Å². The molecule has 2 nitrogen and oxygen atoms in total. The van der Waals surface area contributed by atoms with Crippen molar-refractivity contribution < 1.29 is 9.84 Å². The lowest BCUT2D eigenvalue weighted by Crippen LogP contribution is -1.74. The highest BCUT2D eigenvalue weighted by Crippen LogP contribution is 2.37. The first-order valence-electron chi connectivity index (χ1n) is 3.07. The monoisotopic (exact) mass is 116 g/mol. The van der Waals surface area contributed by atoms with Crippen LogP contribution in [0.2, 0.25) is 0 Å². The molecule has 2 atom stereocenters. The summed E-state index contributed by atoms with van der Waals surface area (Å²) in [6, 6.07) is 0. The minimum Gasteiger partial charge on any atom is -0.400 e. The number of hydrogen-bond acceptors (Lipinski definition) is 2. The van der Waals surface area contributed by atoms with Gasteiger partial charge >= 0.3 is 0 Å². The molecule has 8 heavy (non-hydrogen) atoms. The summed E-state index contributed by atoms with van der Waals surface area (Å²) in [4.78, 5) is 0. The maximum absolute atomic E-state index is 7.00. The van der Waals surface area contributed by atoms with E-state index in [1.807, 2.05) is 0 Å². The van der Waals surface area contributed by atoms with Gasteiger partial charge in [-0.15, -0.1) is 0 Å². The molecule has 2 rings (SSSR count). The molecule has 0 bridgehead atoms. The number of fused-ring (bicyclic) bond motifs is 1. The van der Waals surface area contributed by atoms with Crippen LogP contribution in [0.25, 0.3) is 0 Å². The fourth-order valence-electron chi connectivity index (χ4n) is 1.21. The molecule has 0 spiro atoms. The molecule has 1 aliphatic heterocycles. The molecule has 1 saturated heterocycles. The summed E-state index contributed by atoms with van der Waals surface area (Å²) in [6.45, 7) is 0. The molecule has 0 aromatic heterocycles. The van der Waals surface area contributed by atoms with Gasteiger partial charge in [-0.3, -0.25) is 0 Å². The predicted octanol–water partition coefficient (Wildman–Crippen LogP) is 0.546. The summed E-state index contributed by atoms with van der Waals surface area (Å²) < 4.78 is 5.15. The zero-order chi connectivity index (χ0) is 5.98. The molecule has 2 fully saturated rings. The number of aliphatic hydroxyl groups is 1. The van der Waals surface area contributed by atoms with Gasteiger partial charge in [-0.25, -0.2) is 0 Å². The predicted molar refractivity (Wildman–Crippen MR) is 30.7 cm³/mol. The molecule has 0 unspecified atom stereocenters. The van der Waals surface area contributed by atoms with Gasteiger partial charge in [0.25, 0.3) is 0 Å². The van der Waals surface area contributed by atoms with Crippen LogP contribution in [-0.2, 0) is 4.74 Å². The quantitative estimate of drug-likeness (QED) is 0.469. The molecule has 1 aliphatic carbocycles. The lowest BCUT2D eigenvalue weighted by atomic mass is 10.4. The van der Waals surface area contributed by atoms with Gasteiger partial charge in [0.15, 0.2) is 0 Å². The average Bonchev–Trinajstić information content (AvgIpc) is 2.46. The molecule has 1 heterocycles. The molecular formula is C6H12O2. The minimum absolute atomic E-state index is 0.713. The smallest absolute Gasteiger partial charge is 0.0841 e. The molecule has 0 aromatic carbocycles. The van der Waals surface area contributed by atoms with Gasteiger partial charge in [-0.05, 0) is 19.3 Å². The van der Waals surface area contributed by atoms with Gasteiger partial charge in [0, 0.05) is 7.11 Å². The fourth-order valence-corrected chi connectivity index (χ4v) is 1.21. The van der Waals surface area contributed by atoms with Crippen LogP contribution in [-0.4, -0.2) is 24.4 Å². The van der Waals surface area contributed by atoms with Crippen LogP contribution in [0, 0.1) is 0 Å². The third-order valence-electron chi connectivity index (χ3n) is 1.66. The van der Waals surface area contributed by atoms with Crippen molar-refractivity contribution in [3.05, 3.63) is 0 Å². The van der Waals surface area contributed by atoms with E-state index in [2.05, 4.69) is 0 Å².